The molecule has 0 radical (unpaired) electrons. The van der Waals surface area contributed by atoms with Crippen molar-refractivity contribution in [2.75, 3.05) is 0 Å². The molecule has 0 spiro atoms. The van der Waals surface area contributed by atoms with Gasteiger partial charge in [0.25, 0.3) is 0 Å². The highest BCUT2D eigenvalue weighted by Gasteiger charge is 2.45. The summed E-state index contributed by atoms with van der Waals surface area (Å²) in [4.78, 5) is 17.0. The number of rotatable bonds is 2. The van der Waals surface area contributed by atoms with Crippen LogP contribution in [-0.2, 0) is 4.79 Å². The molecule has 3 nitrogen and oxygen atoms in total. The van der Waals surface area contributed by atoms with Gasteiger partial charge in [-0.05, 0) is 44.7 Å². The highest BCUT2D eigenvalue weighted by Crippen LogP contribution is 2.39. The Morgan fingerprint density at radius 1 is 1.33 bits per heavy atom. The minimum atomic E-state index is -0.0479. The van der Waals surface area contributed by atoms with Crippen molar-refractivity contribution in [1.29, 1.82) is 0 Å². The molecule has 3 rings (SSSR count). The number of nitrogens with zero attached hydrogens (tertiary/aromatic N) is 1. The molecule has 2 aliphatic rings. The van der Waals surface area contributed by atoms with Gasteiger partial charge in [0.2, 0.25) is 5.91 Å². The molecular formula is C14H20N2OS. The molecule has 1 aliphatic carbocycles. The minimum Gasteiger partial charge on any atom is -0.318 e. The summed E-state index contributed by atoms with van der Waals surface area (Å²) >= 11 is 1.79. The lowest BCUT2D eigenvalue weighted by atomic mass is 9.80. The van der Waals surface area contributed by atoms with Crippen molar-refractivity contribution in [3.05, 3.63) is 21.9 Å². The van der Waals surface area contributed by atoms with Gasteiger partial charge in [0.1, 0.15) is 6.17 Å². The highest BCUT2D eigenvalue weighted by molar-refractivity contribution is 7.12. The number of aryl methyl sites for hydroxylation is 1. The van der Waals surface area contributed by atoms with Crippen LogP contribution in [0, 0.1) is 12.8 Å². The van der Waals surface area contributed by atoms with Crippen LogP contribution in [0.1, 0.15) is 42.6 Å². The number of amides is 1. The summed E-state index contributed by atoms with van der Waals surface area (Å²) in [6.07, 6.45) is 2.41. The van der Waals surface area contributed by atoms with E-state index in [0.29, 0.717) is 6.04 Å². The molecule has 2 fully saturated rings. The fourth-order valence-electron chi connectivity index (χ4n) is 3.04. The molecule has 1 saturated carbocycles. The van der Waals surface area contributed by atoms with Gasteiger partial charge in [-0.1, -0.05) is 6.92 Å². The van der Waals surface area contributed by atoms with Crippen molar-refractivity contribution in [2.45, 2.75) is 51.9 Å². The third-order valence-corrected chi connectivity index (χ3v) is 5.14. The zero-order valence-electron chi connectivity index (χ0n) is 11.1. The normalized spacial score (nSPS) is 35.9. The van der Waals surface area contributed by atoms with Crippen molar-refractivity contribution in [3.63, 3.8) is 0 Å². The lowest BCUT2D eigenvalue weighted by molar-refractivity contribution is -0.134. The standard InChI is InChI=1S/C14H20N2OS/c1-8-6-11(7-8)16-13(15-10(3)14(16)17)12-5-4-9(2)18-12/h4-5,8,10-11,13,15H,6-7H2,1-3H3. The predicted molar refractivity (Wildman–Crippen MR) is 73.4 cm³/mol. The maximum atomic E-state index is 12.3. The van der Waals surface area contributed by atoms with Crippen molar-refractivity contribution in [3.8, 4) is 0 Å². The average molecular weight is 264 g/mol. The van der Waals surface area contributed by atoms with E-state index in [4.69, 9.17) is 0 Å². The quantitative estimate of drug-likeness (QED) is 0.890. The van der Waals surface area contributed by atoms with Gasteiger partial charge in [-0.2, -0.15) is 0 Å². The second kappa shape index (κ2) is 4.35. The maximum Gasteiger partial charge on any atom is 0.241 e. The van der Waals surface area contributed by atoms with Crippen LogP contribution >= 0.6 is 11.3 Å². The zero-order chi connectivity index (χ0) is 12.9. The molecule has 1 N–H and O–H groups in total. The highest BCUT2D eigenvalue weighted by atomic mass is 32.1. The monoisotopic (exact) mass is 264 g/mol. The molecule has 2 unspecified atom stereocenters. The first-order chi connectivity index (χ1) is 8.56. The Hall–Kier alpha value is -0.870. The third kappa shape index (κ3) is 1.88. The Balaban J connectivity index is 1.85. The van der Waals surface area contributed by atoms with Crippen LogP contribution < -0.4 is 5.32 Å². The number of carbonyl (C=O) groups is 1. The molecule has 1 aromatic rings. The van der Waals surface area contributed by atoms with Gasteiger partial charge in [-0.3, -0.25) is 10.1 Å². The number of hydrogen-bond donors (Lipinski definition) is 1. The zero-order valence-corrected chi connectivity index (χ0v) is 12.0. The SMILES string of the molecule is Cc1ccc(C2NC(C)C(=O)N2C2CC(C)C2)s1. The van der Waals surface area contributed by atoms with Crippen LogP contribution in [0.3, 0.4) is 0 Å². The summed E-state index contributed by atoms with van der Waals surface area (Å²) in [5.74, 6) is 1.03. The summed E-state index contributed by atoms with van der Waals surface area (Å²) in [7, 11) is 0. The Labute approximate surface area is 112 Å². The first-order valence-corrected chi connectivity index (χ1v) is 7.52. The second-order valence-corrected chi connectivity index (χ2v) is 7.03. The Morgan fingerprint density at radius 3 is 2.61 bits per heavy atom. The second-order valence-electron chi connectivity index (χ2n) is 5.72. The molecular weight excluding hydrogens is 244 g/mol. The van der Waals surface area contributed by atoms with Gasteiger partial charge in [-0.25, -0.2) is 0 Å². The maximum absolute atomic E-state index is 12.3. The van der Waals surface area contributed by atoms with Crippen molar-refractivity contribution < 1.29 is 4.79 Å². The fourth-order valence-corrected chi connectivity index (χ4v) is 3.97. The number of hydrogen-bond acceptors (Lipinski definition) is 3. The molecule has 4 heteroatoms. The summed E-state index contributed by atoms with van der Waals surface area (Å²) < 4.78 is 0. The molecule has 2 atom stereocenters. The van der Waals surface area contributed by atoms with Gasteiger partial charge < -0.3 is 4.90 Å². The number of carbonyl (C=O) groups excluding carboxylic acids is 1. The molecule has 0 aromatic carbocycles. The summed E-state index contributed by atoms with van der Waals surface area (Å²) in [6.45, 7) is 6.35. The molecule has 18 heavy (non-hydrogen) atoms. The van der Waals surface area contributed by atoms with E-state index >= 15 is 0 Å². The fraction of sp³-hybridized carbons (Fsp3) is 0.643. The third-order valence-electron chi connectivity index (χ3n) is 4.08. The van der Waals surface area contributed by atoms with Gasteiger partial charge in [-0.15, -0.1) is 11.3 Å². The van der Waals surface area contributed by atoms with E-state index in [9.17, 15) is 4.79 Å². The summed E-state index contributed by atoms with van der Waals surface area (Å²) in [6, 6.07) is 4.68. The predicted octanol–water partition coefficient (Wildman–Crippen LogP) is 2.67. The molecule has 0 bridgehead atoms. The first-order valence-electron chi connectivity index (χ1n) is 6.71. The Kier molecular flexibility index (Phi) is 2.94. The lowest BCUT2D eigenvalue weighted by Crippen LogP contribution is -2.46. The number of nitrogens with one attached hydrogen (secondary N) is 1. The van der Waals surface area contributed by atoms with E-state index in [1.165, 1.54) is 9.75 Å². The van der Waals surface area contributed by atoms with Crippen molar-refractivity contribution in [1.82, 2.24) is 10.2 Å². The molecule has 98 valence electrons. The van der Waals surface area contributed by atoms with E-state index in [1.54, 1.807) is 11.3 Å². The van der Waals surface area contributed by atoms with E-state index in [0.717, 1.165) is 18.8 Å². The Morgan fingerprint density at radius 2 is 2.06 bits per heavy atom. The molecule has 1 saturated heterocycles. The molecule has 1 amide bonds. The van der Waals surface area contributed by atoms with E-state index in [1.807, 2.05) is 6.92 Å². The van der Waals surface area contributed by atoms with Gasteiger partial charge >= 0.3 is 0 Å². The minimum absolute atomic E-state index is 0.0479. The van der Waals surface area contributed by atoms with Gasteiger partial charge in [0.15, 0.2) is 0 Å². The molecule has 1 aromatic heterocycles. The lowest BCUT2D eigenvalue weighted by Gasteiger charge is -2.42. The largest absolute Gasteiger partial charge is 0.318 e. The van der Waals surface area contributed by atoms with Gasteiger partial charge in [0.05, 0.1) is 6.04 Å². The first kappa shape index (κ1) is 12.2. The molecule has 2 heterocycles. The van der Waals surface area contributed by atoms with E-state index in [2.05, 4.69) is 36.2 Å². The van der Waals surface area contributed by atoms with Crippen LogP contribution in [0.2, 0.25) is 0 Å². The van der Waals surface area contributed by atoms with Crippen LogP contribution in [0.25, 0.3) is 0 Å². The Bertz CT molecular complexity index is 464. The average Bonchev–Trinajstić information content (AvgIpc) is 2.81. The smallest absolute Gasteiger partial charge is 0.241 e. The summed E-state index contributed by atoms with van der Waals surface area (Å²) in [5.41, 5.74) is 0. The van der Waals surface area contributed by atoms with Gasteiger partial charge in [0, 0.05) is 15.8 Å². The molecule has 1 aliphatic heterocycles. The topological polar surface area (TPSA) is 32.3 Å². The van der Waals surface area contributed by atoms with Crippen LogP contribution in [0.5, 0.6) is 0 Å². The van der Waals surface area contributed by atoms with Crippen LogP contribution in [0.15, 0.2) is 12.1 Å². The van der Waals surface area contributed by atoms with Crippen molar-refractivity contribution >= 4 is 17.2 Å². The van der Waals surface area contributed by atoms with Crippen molar-refractivity contribution in [2.24, 2.45) is 5.92 Å². The van der Waals surface area contributed by atoms with Crippen LogP contribution in [0.4, 0.5) is 0 Å². The number of thiophene rings is 1. The van der Waals surface area contributed by atoms with E-state index in [-0.39, 0.29) is 18.1 Å². The van der Waals surface area contributed by atoms with Crippen LogP contribution in [-0.4, -0.2) is 22.9 Å². The van der Waals surface area contributed by atoms with E-state index < -0.39 is 0 Å². The summed E-state index contributed by atoms with van der Waals surface area (Å²) in [5, 5.41) is 3.43.